The molecule has 52 heavy (non-hydrogen) atoms. The lowest BCUT2D eigenvalue weighted by atomic mass is 10.0. The molecule has 1 fully saturated rings. The number of aromatic nitrogens is 5. The molecule has 0 radical (unpaired) electrons. The number of hydrogen-bond acceptors (Lipinski definition) is 9. The first kappa shape index (κ1) is 36.5. The number of halogens is 1. The van der Waals surface area contributed by atoms with Crippen LogP contribution >= 0.6 is 0 Å². The van der Waals surface area contributed by atoms with Crippen LogP contribution in [0.25, 0.3) is 38.9 Å². The fourth-order valence-corrected chi connectivity index (χ4v) is 6.61. The molecule has 1 saturated heterocycles. The van der Waals surface area contributed by atoms with E-state index >= 15 is 4.39 Å². The summed E-state index contributed by atoms with van der Waals surface area (Å²) in [5.74, 6) is -0.478. The van der Waals surface area contributed by atoms with Crippen LogP contribution < -0.4 is 10.6 Å². The van der Waals surface area contributed by atoms with Crippen molar-refractivity contribution in [2.75, 3.05) is 24.5 Å². The second-order valence-electron chi connectivity index (χ2n) is 15.6. The summed E-state index contributed by atoms with van der Waals surface area (Å²) >= 11 is 0. The van der Waals surface area contributed by atoms with E-state index in [2.05, 4.69) is 9.97 Å². The van der Waals surface area contributed by atoms with Crippen molar-refractivity contribution in [3.8, 4) is 16.9 Å². The van der Waals surface area contributed by atoms with Gasteiger partial charge in [-0.1, -0.05) is 32.0 Å². The lowest BCUT2D eigenvalue weighted by molar-refractivity contribution is 0.0218. The van der Waals surface area contributed by atoms with Gasteiger partial charge in [0.1, 0.15) is 28.5 Å². The Morgan fingerprint density at radius 1 is 0.962 bits per heavy atom. The number of piperazine rings is 1. The highest BCUT2D eigenvalue weighted by Crippen LogP contribution is 2.36. The van der Waals surface area contributed by atoms with Gasteiger partial charge in [0, 0.05) is 49.0 Å². The van der Waals surface area contributed by atoms with E-state index in [0.717, 1.165) is 5.56 Å². The highest BCUT2D eigenvalue weighted by Gasteiger charge is 2.33. The zero-order valence-corrected chi connectivity index (χ0v) is 31.4. The molecule has 0 aliphatic carbocycles. The van der Waals surface area contributed by atoms with Crippen LogP contribution in [0.3, 0.4) is 0 Å². The number of aryl methyl sites for hydroxylation is 1. The van der Waals surface area contributed by atoms with Crippen LogP contribution in [0.2, 0.25) is 0 Å². The minimum absolute atomic E-state index is 0.0534. The first-order valence-corrected chi connectivity index (χ1v) is 17.5. The Morgan fingerprint density at radius 3 is 2.31 bits per heavy atom. The van der Waals surface area contributed by atoms with E-state index in [1.165, 1.54) is 15.2 Å². The molecule has 0 bridgehead atoms. The average molecular weight is 712 g/mol. The number of rotatable bonds is 4. The standard InChI is InChI=1S/C39H46FN7O5/c1-22(2)29-31(23(3)14-16-41-29)47-34-27(33(43-35(47)48)45-19-18-44(21-24(45)4)36(49)51-38(5,6)7)20-28(40)30(42-34)26-13-11-12-25-15-17-46(32(25)26)37(50)52-39(8,9)10/h11-17,20,22,24H,18-19,21H2,1-10H3/t24-/m0/s1. The molecule has 1 atom stereocenters. The van der Waals surface area contributed by atoms with Gasteiger partial charge in [-0.2, -0.15) is 4.98 Å². The average Bonchev–Trinajstić information content (AvgIpc) is 3.48. The van der Waals surface area contributed by atoms with Crippen LogP contribution in [0, 0.1) is 12.7 Å². The molecule has 1 aromatic carbocycles. The minimum atomic E-state index is -0.764. The summed E-state index contributed by atoms with van der Waals surface area (Å²) in [4.78, 5) is 58.3. The fraction of sp³-hybridized carbons (Fsp3) is 0.436. The van der Waals surface area contributed by atoms with Crippen molar-refractivity contribution in [1.29, 1.82) is 0 Å². The highest BCUT2D eigenvalue weighted by atomic mass is 19.1. The topological polar surface area (TPSA) is 125 Å². The number of carbonyl (C=O) groups excluding carboxylic acids is 2. The summed E-state index contributed by atoms with van der Waals surface area (Å²) in [5.41, 5.74) is 0.807. The lowest BCUT2D eigenvalue weighted by Crippen LogP contribution is -2.55. The van der Waals surface area contributed by atoms with Gasteiger partial charge in [0.05, 0.1) is 22.3 Å². The van der Waals surface area contributed by atoms with Gasteiger partial charge in [-0.05, 0) is 85.1 Å². The van der Waals surface area contributed by atoms with Crippen molar-refractivity contribution in [1.82, 2.24) is 29.0 Å². The summed E-state index contributed by atoms with van der Waals surface area (Å²) < 4.78 is 30.8. The van der Waals surface area contributed by atoms with E-state index < -0.39 is 34.9 Å². The maximum Gasteiger partial charge on any atom is 0.419 e. The number of benzene rings is 1. The first-order chi connectivity index (χ1) is 24.3. The molecule has 1 aliphatic heterocycles. The Hall–Kier alpha value is -5.33. The number of hydrogen-bond donors (Lipinski definition) is 0. The number of ether oxygens (including phenoxy) is 2. The predicted molar refractivity (Wildman–Crippen MR) is 199 cm³/mol. The molecule has 0 spiro atoms. The second-order valence-corrected chi connectivity index (χ2v) is 15.6. The molecule has 13 heteroatoms. The molecule has 274 valence electrons. The zero-order chi connectivity index (χ0) is 37.9. The van der Waals surface area contributed by atoms with E-state index in [0.29, 0.717) is 52.9 Å². The molecule has 5 aromatic rings. The number of nitrogens with zero attached hydrogens (tertiary/aromatic N) is 7. The van der Waals surface area contributed by atoms with Crippen LogP contribution in [0.15, 0.2) is 53.6 Å². The van der Waals surface area contributed by atoms with E-state index in [1.54, 1.807) is 56.3 Å². The normalized spacial score (nSPS) is 15.5. The van der Waals surface area contributed by atoms with Gasteiger partial charge in [-0.3, -0.25) is 9.55 Å². The van der Waals surface area contributed by atoms with Gasteiger partial charge in [0.15, 0.2) is 5.65 Å². The SMILES string of the molecule is Cc1ccnc(C(C)C)c1-n1c(=O)nc(N2CCN(C(=O)OC(C)(C)C)C[C@@H]2C)c2cc(F)c(-c3cccc4ccn(C(=O)OC(C)(C)C)c34)nc21. The Labute approximate surface area is 302 Å². The molecule has 1 aliphatic rings. The maximum absolute atomic E-state index is 16.7. The molecule has 12 nitrogen and oxygen atoms in total. The van der Waals surface area contributed by atoms with Gasteiger partial charge in [-0.25, -0.2) is 28.3 Å². The largest absolute Gasteiger partial charge is 0.444 e. The fourth-order valence-electron chi connectivity index (χ4n) is 6.61. The number of fused-ring (bicyclic) bond motifs is 2. The number of anilines is 1. The Morgan fingerprint density at radius 2 is 1.65 bits per heavy atom. The van der Waals surface area contributed by atoms with Crippen LogP contribution in [-0.4, -0.2) is 78.1 Å². The smallest absolute Gasteiger partial charge is 0.419 e. The van der Waals surface area contributed by atoms with Gasteiger partial charge in [0.25, 0.3) is 0 Å². The van der Waals surface area contributed by atoms with Crippen LogP contribution in [0.4, 0.5) is 19.8 Å². The van der Waals surface area contributed by atoms with Crippen molar-refractivity contribution in [3.05, 3.63) is 76.4 Å². The predicted octanol–water partition coefficient (Wildman–Crippen LogP) is 7.60. The minimum Gasteiger partial charge on any atom is -0.444 e. The summed E-state index contributed by atoms with van der Waals surface area (Å²) in [6.45, 7) is 19.5. The van der Waals surface area contributed by atoms with E-state index in [4.69, 9.17) is 14.5 Å². The quantitative estimate of drug-likeness (QED) is 0.185. The van der Waals surface area contributed by atoms with Crippen LogP contribution in [0.5, 0.6) is 0 Å². The van der Waals surface area contributed by atoms with Crippen molar-refractivity contribution in [3.63, 3.8) is 0 Å². The molecular formula is C39H46FN7O5. The Kier molecular flexibility index (Phi) is 9.35. The van der Waals surface area contributed by atoms with Gasteiger partial charge >= 0.3 is 17.9 Å². The summed E-state index contributed by atoms with van der Waals surface area (Å²) in [6, 6.07) is 9.90. The lowest BCUT2D eigenvalue weighted by Gasteiger charge is -2.41. The molecular weight excluding hydrogens is 665 g/mol. The zero-order valence-electron chi connectivity index (χ0n) is 31.4. The summed E-state index contributed by atoms with van der Waals surface area (Å²) in [7, 11) is 0. The monoisotopic (exact) mass is 711 g/mol. The summed E-state index contributed by atoms with van der Waals surface area (Å²) in [6.07, 6.45) is 2.24. The van der Waals surface area contributed by atoms with Crippen LogP contribution in [0.1, 0.15) is 79.5 Å². The third kappa shape index (κ3) is 6.96. The molecule has 6 rings (SSSR count). The van der Waals surface area contributed by atoms with Gasteiger partial charge < -0.3 is 19.3 Å². The van der Waals surface area contributed by atoms with Gasteiger partial charge in [-0.15, -0.1) is 0 Å². The number of carbonyl (C=O) groups is 2. The number of pyridine rings is 2. The highest BCUT2D eigenvalue weighted by molar-refractivity contribution is 6.00. The van der Waals surface area contributed by atoms with Crippen molar-refractivity contribution in [2.45, 2.75) is 92.4 Å². The third-order valence-corrected chi connectivity index (χ3v) is 8.83. The number of amides is 1. The van der Waals surface area contributed by atoms with E-state index in [1.807, 2.05) is 65.5 Å². The van der Waals surface area contributed by atoms with E-state index in [-0.39, 0.29) is 29.1 Å². The molecule has 0 unspecified atom stereocenters. The second kappa shape index (κ2) is 13.3. The number of para-hydroxylation sites is 1. The molecule has 4 aromatic heterocycles. The molecule has 5 heterocycles. The van der Waals surface area contributed by atoms with Crippen LogP contribution in [-0.2, 0) is 9.47 Å². The van der Waals surface area contributed by atoms with E-state index in [9.17, 15) is 14.4 Å². The Bertz CT molecular complexity index is 2260. The first-order valence-electron chi connectivity index (χ1n) is 17.5. The Balaban J connectivity index is 1.59. The van der Waals surface area contributed by atoms with Crippen molar-refractivity contribution >= 4 is 39.9 Å². The van der Waals surface area contributed by atoms with Crippen molar-refractivity contribution in [2.24, 2.45) is 0 Å². The third-order valence-electron chi connectivity index (χ3n) is 8.83. The van der Waals surface area contributed by atoms with Crippen molar-refractivity contribution < 1.29 is 23.5 Å². The molecule has 1 amide bonds. The van der Waals surface area contributed by atoms with Gasteiger partial charge in [0.2, 0.25) is 0 Å². The molecule has 0 N–H and O–H groups in total. The summed E-state index contributed by atoms with van der Waals surface area (Å²) in [5, 5.41) is 0.991. The maximum atomic E-state index is 16.7. The molecule has 0 saturated carbocycles.